The van der Waals surface area contributed by atoms with Crippen LogP contribution in [0.1, 0.15) is 138 Å². The maximum Gasteiger partial charge on any atom is 6.00 e. The second kappa shape index (κ2) is 26.1. The van der Waals surface area contributed by atoms with Crippen molar-refractivity contribution in [3.8, 4) is 0 Å². The van der Waals surface area contributed by atoms with E-state index in [4.69, 9.17) is 0 Å². The quantitative estimate of drug-likeness (QED) is 0.119. The minimum absolute atomic E-state index is 0. The molecule has 3 atom stereocenters. The van der Waals surface area contributed by atoms with E-state index in [2.05, 4.69) is 20.8 Å². The average molecular weight is 673 g/mol. The van der Waals surface area contributed by atoms with Crippen LogP contribution < -0.4 is 29.4 Å². The van der Waals surface area contributed by atoms with Gasteiger partial charge in [-0.05, 0) is 36.2 Å². The minimum Gasteiger partial charge on any atom is -0.811 e. The Labute approximate surface area is 241 Å². The second-order valence-corrected chi connectivity index (χ2v) is 15.6. The van der Waals surface area contributed by atoms with Crippen LogP contribution in [0.4, 0.5) is 0 Å². The third kappa shape index (κ3) is 33.2. The molecule has 13 heteroatoms. The van der Waals surface area contributed by atoms with E-state index in [0.29, 0.717) is 19.3 Å². The Kier molecular flexibility index (Phi) is 31.8. The van der Waals surface area contributed by atoms with Gasteiger partial charge in [0.25, 0.3) is 0 Å². The molecule has 0 aromatic rings. The Bertz CT molecular complexity index is 549. The van der Waals surface area contributed by atoms with E-state index in [1.807, 2.05) is 0 Å². The van der Waals surface area contributed by atoms with Crippen molar-refractivity contribution < 1.29 is 64.1 Å². The zero-order valence-electron chi connectivity index (χ0n) is 23.8. The molecule has 222 valence electrons. The fourth-order valence-electron chi connectivity index (χ4n) is 3.07. The number of hydrogen-bond donors (Lipinski definition) is 0. The van der Waals surface area contributed by atoms with Crippen LogP contribution in [0.5, 0.6) is 0 Å². The largest absolute Gasteiger partial charge is 6.00 e. The average Bonchev–Trinajstić information content (AvgIpc) is 2.75. The van der Waals surface area contributed by atoms with Crippen LogP contribution in [-0.2, 0) is 34.8 Å². The topological polar surface area (TPSA) is 190 Å². The molecule has 0 saturated carbocycles. The molecule has 0 N–H and O–H groups in total. The Morgan fingerprint density at radius 2 is 0.622 bits per heavy atom. The van der Waals surface area contributed by atoms with Gasteiger partial charge in [-0.25, -0.2) is 0 Å². The first-order valence-corrected chi connectivity index (χ1v) is 18.3. The molecule has 0 rings (SSSR count). The smallest absolute Gasteiger partial charge is 0.811 e. The number of hydrogen-bond acceptors (Lipinski definition) is 9. The predicted molar refractivity (Wildman–Crippen MR) is 137 cm³/mol. The van der Waals surface area contributed by atoms with Crippen molar-refractivity contribution in [3.05, 3.63) is 0 Å². The Balaban J connectivity index is -0.000000218. The summed E-state index contributed by atoms with van der Waals surface area (Å²) in [4.78, 5) is 62.8. The van der Waals surface area contributed by atoms with Gasteiger partial charge in [0.1, 0.15) is 0 Å². The molecule has 0 aromatic carbocycles. The van der Waals surface area contributed by atoms with Crippen LogP contribution in [0.3, 0.4) is 0 Å². The summed E-state index contributed by atoms with van der Waals surface area (Å²) in [5.41, 5.74) is -2.06. The summed E-state index contributed by atoms with van der Waals surface area (Å²) in [5.74, 6) is 0. The summed E-state index contributed by atoms with van der Waals surface area (Å²) < 4.78 is 31.4. The first-order valence-electron chi connectivity index (χ1n) is 13.5. The van der Waals surface area contributed by atoms with Gasteiger partial charge in [0.05, 0.1) is 0 Å². The molecule has 0 aliphatic carbocycles. The summed E-state index contributed by atoms with van der Waals surface area (Å²) in [6, 6.07) is 0. The predicted octanol–water partition coefficient (Wildman–Crippen LogP) is 3.77. The molecule has 3 unspecified atom stereocenters. The second-order valence-electron chi connectivity index (χ2n) is 9.71. The zero-order valence-corrected chi connectivity index (χ0v) is 28.5. The summed E-state index contributed by atoms with van der Waals surface area (Å²) in [7, 11) is -12.9. The zero-order chi connectivity index (χ0) is 28.8. The monoisotopic (exact) mass is 674 g/mol. The van der Waals surface area contributed by atoms with Crippen molar-refractivity contribution in [1.82, 2.24) is 0 Å². The Morgan fingerprint density at radius 1 is 0.432 bits per heavy atom. The van der Waals surface area contributed by atoms with Gasteiger partial charge >= 0.3 is 21.1 Å². The van der Waals surface area contributed by atoms with Crippen LogP contribution in [0, 0.1) is 0 Å². The first-order chi connectivity index (χ1) is 16.4. The van der Waals surface area contributed by atoms with Crippen molar-refractivity contribution in [3.63, 3.8) is 0 Å². The molecule has 0 bridgehead atoms. The summed E-state index contributed by atoms with van der Waals surface area (Å²) in [6.07, 6.45) is 13.9. The molecule has 0 aliphatic rings. The van der Waals surface area contributed by atoms with E-state index in [0.717, 1.165) is 77.0 Å². The molecule has 0 heterocycles. The summed E-state index contributed by atoms with van der Waals surface area (Å²) in [6.45, 7) is 10.8. The van der Waals surface area contributed by atoms with Gasteiger partial charge in [-0.1, -0.05) is 141 Å². The van der Waals surface area contributed by atoms with Gasteiger partial charge in [0.15, 0.2) is 0 Å². The summed E-state index contributed by atoms with van der Waals surface area (Å²) >= 11 is 0. The fourth-order valence-corrected chi connectivity index (χ4v) is 4.57. The molecule has 0 spiro atoms. The van der Waals surface area contributed by atoms with Crippen LogP contribution in [0.25, 0.3) is 0 Å². The van der Waals surface area contributed by atoms with Gasteiger partial charge in [-0.15, -0.1) is 0 Å². The van der Waals surface area contributed by atoms with E-state index in [-0.39, 0.29) is 21.1 Å². The third-order valence-corrected chi connectivity index (χ3v) is 10.1. The third-order valence-electron chi connectivity index (χ3n) is 6.05. The van der Waals surface area contributed by atoms with Gasteiger partial charge in [0.2, 0.25) is 0 Å². The molecule has 0 fully saturated rings. The number of rotatable bonds is 18. The molecule has 0 saturated heterocycles. The molecular formula is C24H51MoO9P3. The molecule has 0 aromatic heterocycles. The van der Waals surface area contributed by atoms with Crippen LogP contribution in [0.15, 0.2) is 0 Å². The van der Waals surface area contributed by atoms with Crippen LogP contribution in [-0.4, -0.2) is 17.0 Å². The van der Waals surface area contributed by atoms with Gasteiger partial charge < -0.3 is 43.1 Å². The first kappa shape index (κ1) is 45.1. The normalized spacial score (nSPS) is 14.3. The van der Waals surface area contributed by atoms with Gasteiger partial charge in [-0.2, -0.15) is 0 Å². The van der Waals surface area contributed by atoms with Gasteiger partial charge in [-0.3, -0.25) is 0 Å². The van der Waals surface area contributed by atoms with Crippen molar-refractivity contribution in [2.24, 2.45) is 0 Å². The van der Waals surface area contributed by atoms with Crippen molar-refractivity contribution in [2.75, 3.05) is 0 Å². The van der Waals surface area contributed by atoms with E-state index >= 15 is 0 Å². The Morgan fingerprint density at radius 3 is 0.757 bits per heavy atom. The molecule has 0 radical (unpaired) electrons. The summed E-state index contributed by atoms with van der Waals surface area (Å²) in [5, 5.41) is 0. The van der Waals surface area contributed by atoms with E-state index in [1.165, 1.54) is 20.8 Å². The molecule has 0 amide bonds. The van der Waals surface area contributed by atoms with Crippen molar-refractivity contribution in [1.29, 1.82) is 0 Å². The number of unbranched alkanes of at least 4 members (excludes halogenated alkanes) is 9. The maximum absolute atomic E-state index is 10.5. The minimum atomic E-state index is -4.31. The van der Waals surface area contributed by atoms with Gasteiger partial charge in [0, 0.05) is 0 Å². The van der Waals surface area contributed by atoms with Crippen LogP contribution >= 0.6 is 22.8 Å². The molecule has 9 nitrogen and oxygen atoms in total. The molecular weight excluding hydrogens is 621 g/mol. The Hall–Kier alpha value is 1.14. The van der Waals surface area contributed by atoms with Crippen LogP contribution in [0.2, 0.25) is 0 Å². The van der Waals surface area contributed by atoms with Crippen molar-refractivity contribution in [2.45, 2.75) is 155 Å². The maximum atomic E-state index is 10.5. The standard InChI is InChI=1S/3C8H19O3P.Mo/c3*1-3-4-5-6-7-8(2)12(9,10)11;/h3*8H,3-7H2,1-2H3,(H2,9,10,11);/q;;;+6/p-6. The van der Waals surface area contributed by atoms with E-state index in [1.54, 1.807) is 0 Å². The fraction of sp³-hybridized carbons (Fsp3) is 1.00. The molecule has 0 aliphatic heterocycles. The van der Waals surface area contributed by atoms with E-state index < -0.39 is 39.8 Å². The SMILES string of the molecule is CCCCCCC(C)P(=O)([O-])[O-].CCCCCCC(C)P(=O)([O-])[O-].CCCCCCC(C)P(=O)([O-])[O-].[Mo+6]. The molecule has 37 heavy (non-hydrogen) atoms. The van der Waals surface area contributed by atoms with E-state index in [9.17, 15) is 43.1 Å². The van der Waals surface area contributed by atoms with Crippen molar-refractivity contribution >= 4 is 22.8 Å².